The van der Waals surface area contributed by atoms with Gasteiger partial charge in [0.15, 0.2) is 0 Å². The summed E-state index contributed by atoms with van der Waals surface area (Å²) in [5, 5.41) is 13.9. The predicted molar refractivity (Wildman–Crippen MR) is 107 cm³/mol. The lowest BCUT2D eigenvalue weighted by Gasteiger charge is -2.12. The summed E-state index contributed by atoms with van der Waals surface area (Å²) in [5.41, 5.74) is 2.03. The molecule has 0 atom stereocenters. The molecule has 1 aliphatic carbocycles. The molecule has 0 aromatic carbocycles. The molecule has 0 saturated heterocycles. The molecule has 1 amide bonds. The van der Waals surface area contributed by atoms with Gasteiger partial charge in [0.25, 0.3) is 5.91 Å². The summed E-state index contributed by atoms with van der Waals surface area (Å²) in [6, 6.07) is 3.98. The number of hydrogen-bond acceptors (Lipinski definition) is 5. The minimum Gasteiger partial charge on any atom is -0.315 e. The number of nitrogens with one attached hydrogen (secondary N) is 1. The summed E-state index contributed by atoms with van der Waals surface area (Å²) in [4.78, 5) is 14.5. The van der Waals surface area contributed by atoms with Crippen LogP contribution in [0.25, 0.3) is 5.00 Å². The van der Waals surface area contributed by atoms with Crippen LogP contribution < -0.4 is 5.32 Å². The molecule has 5 nitrogen and oxygen atoms in total. The highest BCUT2D eigenvalue weighted by Crippen LogP contribution is 2.37. The molecule has 3 aromatic heterocycles. The first-order valence-electron chi connectivity index (χ1n) is 9.18. The molecular weight excluding hydrogens is 364 g/mol. The van der Waals surface area contributed by atoms with E-state index in [0.29, 0.717) is 5.13 Å². The Morgan fingerprint density at radius 2 is 2.00 bits per heavy atom. The van der Waals surface area contributed by atoms with Crippen molar-refractivity contribution in [1.82, 2.24) is 14.8 Å². The zero-order valence-corrected chi connectivity index (χ0v) is 16.5. The van der Waals surface area contributed by atoms with Crippen molar-refractivity contribution in [2.75, 3.05) is 5.32 Å². The second-order valence-electron chi connectivity index (χ2n) is 6.54. The van der Waals surface area contributed by atoms with Crippen LogP contribution in [0.4, 0.5) is 5.13 Å². The van der Waals surface area contributed by atoms with Crippen molar-refractivity contribution in [1.29, 1.82) is 0 Å². The molecule has 0 unspecified atom stereocenters. The van der Waals surface area contributed by atoms with Crippen LogP contribution in [-0.2, 0) is 19.3 Å². The number of thiophene rings is 1. The van der Waals surface area contributed by atoms with Crippen molar-refractivity contribution < 1.29 is 4.79 Å². The topological polar surface area (TPSA) is 59.8 Å². The first-order valence-corrected chi connectivity index (χ1v) is 10.8. The molecule has 136 valence electrons. The number of amides is 1. The smallest absolute Gasteiger partial charge is 0.260 e. The Bertz CT molecular complexity index is 895. The standard InChI is InChI=1S/C19H22N4OS2/c1-2-3-10-15-21-22-19(26-15)20-17(24)16-13-8-4-5-9-14(13)25-18(16)23-11-6-7-12-23/h6-7,11-12H,2-5,8-10H2,1H3,(H,20,22,24). The molecule has 3 aromatic rings. The van der Waals surface area contributed by atoms with Crippen LogP contribution in [0.1, 0.15) is 58.4 Å². The number of aromatic nitrogens is 3. The van der Waals surface area contributed by atoms with Gasteiger partial charge in [0, 0.05) is 23.7 Å². The van der Waals surface area contributed by atoms with Crippen LogP contribution in [0.5, 0.6) is 0 Å². The average Bonchev–Trinajstić information content (AvgIpc) is 3.38. The maximum atomic E-state index is 13.1. The molecule has 7 heteroatoms. The summed E-state index contributed by atoms with van der Waals surface area (Å²) < 4.78 is 2.05. The van der Waals surface area contributed by atoms with E-state index in [1.54, 1.807) is 11.3 Å². The maximum Gasteiger partial charge on any atom is 0.260 e. The Kier molecular flexibility index (Phi) is 5.17. The van der Waals surface area contributed by atoms with Crippen LogP contribution >= 0.6 is 22.7 Å². The third-order valence-electron chi connectivity index (χ3n) is 4.65. The highest BCUT2D eigenvalue weighted by molar-refractivity contribution is 7.16. The molecule has 0 bridgehead atoms. The second kappa shape index (κ2) is 7.72. The van der Waals surface area contributed by atoms with Gasteiger partial charge in [-0.05, 0) is 49.8 Å². The monoisotopic (exact) mass is 386 g/mol. The number of unbranched alkanes of at least 4 members (excludes halogenated alkanes) is 1. The van der Waals surface area contributed by atoms with Gasteiger partial charge >= 0.3 is 0 Å². The van der Waals surface area contributed by atoms with Crippen molar-refractivity contribution in [2.45, 2.75) is 51.9 Å². The Labute approximate surface area is 161 Å². The first-order chi connectivity index (χ1) is 12.8. The van der Waals surface area contributed by atoms with E-state index < -0.39 is 0 Å². The largest absolute Gasteiger partial charge is 0.315 e. The van der Waals surface area contributed by atoms with Crippen LogP contribution in [0, 0.1) is 0 Å². The highest BCUT2D eigenvalue weighted by Gasteiger charge is 2.26. The number of carbonyl (C=O) groups excluding carboxylic acids is 1. The number of carbonyl (C=O) groups is 1. The normalized spacial score (nSPS) is 13.6. The van der Waals surface area contributed by atoms with Gasteiger partial charge in [-0.2, -0.15) is 0 Å². The van der Waals surface area contributed by atoms with E-state index in [1.807, 2.05) is 29.1 Å². The fourth-order valence-electron chi connectivity index (χ4n) is 3.33. The van der Waals surface area contributed by atoms with Gasteiger partial charge < -0.3 is 4.57 Å². The van der Waals surface area contributed by atoms with E-state index in [-0.39, 0.29) is 5.91 Å². The molecule has 0 aliphatic heterocycles. The summed E-state index contributed by atoms with van der Waals surface area (Å²) in [6.45, 7) is 2.16. The summed E-state index contributed by atoms with van der Waals surface area (Å²) in [5.74, 6) is -0.0636. The fourth-order valence-corrected chi connectivity index (χ4v) is 5.46. The second-order valence-corrected chi connectivity index (χ2v) is 8.69. The zero-order chi connectivity index (χ0) is 17.9. The Morgan fingerprint density at radius 3 is 2.81 bits per heavy atom. The number of anilines is 1. The summed E-state index contributed by atoms with van der Waals surface area (Å²) in [6.07, 6.45) is 11.6. The summed E-state index contributed by atoms with van der Waals surface area (Å²) >= 11 is 3.23. The molecule has 0 spiro atoms. The van der Waals surface area contributed by atoms with Crippen molar-refractivity contribution >= 4 is 33.7 Å². The molecule has 1 N–H and O–H groups in total. The molecule has 3 heterocycles. The molecule has 26 heavy (non-hydrogen) atoms. The van der Waals surface area contributed by atoms with Gasteiger partial charge in [0.05, 0.1) is 5.56 Å². The highest BCUT2D eigenvalue weighted by atomic mass is 32.1. The van der Waals surface area contributed by atoms with Gasteiger partial charge in [-0.3, -0.25) is 10.1 Å². The van der Waals surface area contributed by atoms with E-state index in [1.165, 1.54) is 28.2 Å². The van der Waals surface area contributed by atoms with Gasteiger partial charge in [0.2, 0.25) is 5.13 Å². The van der Waals surface area contributed by atoms with Crippen molar-refractivity contribution in [2.24, 2.45) is 0 Å². The first kappa shape index (κ1) is 17.4. The molecule has 0 fully saturated rings. The van der Waals surface area contributed by atoms with Crippen molar-refractivity contribution in [3.63, 3.8) is 0 Å². The van der Waals surface area contributed by atoms with Crippen LogP contribution in [0.3, 0.4) is 0 Å². The zero-order valence-electron chi connectivity index (χ0n) is 14.8. The molecular formula is C19H22N4OS2. The van der Waals surface area contributed by atoms with Gasteiger partial charge in [-0.15, -0.1) is 21.5 Å². The van der Waals surface area contributed by atoms with E-state index in [9.17, 15) is 4.79 Å². The van der Waals surface area contributed by atoms with Crippen LogP contribution in [-0.4, -0.2) is 20.7 Å². The third kappa shape index (κ3) is 3.46. The number of rotatable bonds is 6. The van der Waals surface area contributed by atoms with Crippen molar-refractivity contribution in [3.8, 4) is 5.00 Å². The van der Waals surface area contributed by atoms with Crippen LogP contribution in [0.2, 0.25) is 0 Å². The number of hydrogen-bond donors (Lipinski definition) is 1. The van der Waals surface area contributed by atoms with E-state index in [0.717, 1.165) is 54.1 Å². The van der Waals surface area contributed by atoms with Gasteiger partial charge in [0.1, 0.15) is 10.0 Å². The molecule has 4 rings (SSSR count). The Morgan fingerprint density at radius 1 is 1.19 bits per heavy atom. The minimum atomic E-state index is -0.0636. The fraction of sp³-hybridized carbons (Fsp3) is 0.421. The maximum absolute atomic E-state index is 13.1. The number of nitrogens with zero attached hydrogens (tertiary/aromatic N) is 3. The minimum absolute atomic E-state index is 0.0636. The lowest BCUT2D eigenvalue weighted by Crippen LogP contribution is -2.16. The van der Waals surface area contributed by atoms with Gasteiger partial charge in [-0.1, -0.05) is 24.7 Å². The quantitative estimate of drug-likeness (QED) is 0.658. The Hall–Kier alpha value is -1.99. The summed E-state index contributed by atoms with van der Waals surface area (Å²) in [7, 11) is 0. The lowest BCUT2D eigenvalue weighted by atomic mass is 9.95. The number of aryl methyl sites for hydroxylation is 2. The van der Waals surface area contributed by atoms with Gasteiger partial charge in [-0.25, -0.2) is 0 Å². The molecule has 0 radical (unpaired) electrons. The van der Waals surface area contributed by atoms with E-state index in [4.69, 9.17) is 0 Å². The van der Waals surface area contributed by atoms with Crippen molar-refractivity contribution in [3.05, 3.63) is 45.5 Å². The predicted octanol–water partition coefficient (Wildman–Crippen LogP) is 4.86. The SMILES string of the molecule is CCCCc1nnc(NC(=O)c2c(-n3cccc3)sc3c2CCCC3)s1. The van der Waals surface area contributed by atoms with E-state index in [2.05, 4.69) is 22.4 Å². The lowest BCUT2D eigenvalue weighted by molar-refractivity contribution is 0.102. The van der Waals surface area contributed by atoms with Crippen LogP contribution in [0.15, 0.2) is 24.5 Å². The average molecular weight is 387 g/mol. The van der Waals surface area contributed by atoms with E-state index >= 15 is 0 Å². The Balaban J connectivity index is 1.63. The molecule has 1 aliphatic rings. The molecule has 0 saturated carbocycles. The third-order valence-corrected chi connectivity index (χ3v) is 6.85. The number of fused-ring (bicyclic) bond motifs is 1.